The second-order valence-corrected chi connectivity index (χ2v) is 5.19. The maximum atomic E-state index is 11.9. The third-order valence-corrected chi connectivity index (χ3v) is 3.60. The van der Waals surface area contributed by atoms with Crippen molar-refractivity contribution < 1.29 is 0 Å². The van der Waals surface area contributed by atoms with Gasteiger partial charge in [0.15, 0.2) is 5.56 Å². The van der Waals surface area contributed by atoms with E-state index in [0.29, 0.717) is 12.6 Å². The Bertz CT molecular complexity index is 651. The van der Waals surface area contributed by atoms with Crippen LogP contribution < -0.4 is 16.6 Å². The van der Waals surface area contributed by atoms with E-state index in [9.17, 15) is 9.59 Å². The largest absolute Gasteiger partial charge is 0.369 e. The molecule has 7 heteroatoms. The first-order valence-corrected chi connectivity index (χ1v) is 7.03. The van der Waals surface area contributed by atoms with Gasteiger partial charge in [-0.25, -0.2) is 4.79 Å². The maximum Gasteiger partial charge on any atom is 0.332 e. The number of hydrogen-bond donors (Lipinski definition) is 1. The number of aromatic nitrogens is 2. The molecule has 1 N–H and O–H groups in total. The summed E-state index contributed by atoms with van der Waals surface area (Å²) in [6.07, 6.45) is 0. The van der Waals surface area contributed by atoms with Gasteiger partial charge in [0.1, 0.15) is 11.9 Å². The molecule has 21 heavy (non-hydrogen) atoms. The van der Waals surface area contributed by atoms with Crippen LogP contribution in [-0.2, 0) is 14.1 Å². The Labute approximate surface area is 124 Å². The quantitative estimate of drug-likeness (QED) is 0.804. The van der Waals surface area contributed by atoms with Crippen molar-refractivity contribution in [2.45, 2.75) is 26.8 Å². The monoisotopic (exact) mass is 293 g/mol. The molecule has 116 valence electrons. The Morgan fingerprint density at radius 1 is 1.29 bits per heavy atom. The number of hydrogen-bond acceptors (Lipinski definition) is 5. The fourth-order valence-electron chi connectivity index (χ4n) is 2.25. The van der Waals surface area contributed by atoms with Crippen molar-refractivity contribution in [1.82, 2.24) is 14.0 Å². The van der Waals surface area contributed by atoms with E-state index < -0.39 is 11.2 Å². The van der Waals surface area contributed by atoms with Gasteiger partial charge >= 0.3 is 5.69 Å². The summed E-state index contributed by atoms with van der Waals surface area (Å²) in [4.78, 5) is 26.1. The second kappa shape index (κ2) is 7.09. The zero-order valence-electron chi connectivity index (χ0n) is 13.3. The van der Waals surface area contributed by atoms with Crippen LogP contribution >= 0.6 is 0 Å². The molecule has 0 amide bonds. The van der Waals surface area contributed by atoms with Crippen LogP contribution in [0.5, 0.6) is 0 Å². The molecule has 0 fully saturated rings. The number of nitrogens with one attached hydrogen (secondary N) is 1. The van der Waals surface area contributed by atoms with Crippen LogP contribution in [0.15, 0.2) is 9.59 Å². The summed E-state index contributed by atoms with van der Waals surface area (Å²) in [5.74, 6) is 0.283. The van der Waals surface area contributed by atoms with Crippen molar-refractivity contribution >= 4 is 5.82 Å². The predicted octanol–water partition coefficient (Wildman–Crippen LogP) is 0.0979. The SMILES string of the molecule is CCN(CCNc1c(C#N)c(=O)n(C)c(=O)n1C)C(C)C. The summed E-state index contributed by atoms with van der Waals surface area (Å²) in [5, 5.41) is 12.2. The van der Waals surface area contributed by atoms with Crippen LogP contribution in [0.4, 0.5) is 5.82 Å². The van der Waals surface area contributed by atoms with E-state index in [1.54, 1.807) is 7.05 Å². The first kappa shape index (κ1) is 17.0. The summed E-state index contributed by atoms with van der Waals surface area (Å²) >= 11 is 0. The molecule has 0 radical (unpaired) electrons. The lowest BCUT2D eigenvalue weighted by atomic mass is 10.3. The van der Waals surface area contributed by atoms with Gasteiger partial charge in [-0.3, -0.25) is 18.8 Å². The Balaban J connectivity index is 3.03. The molecule has 1 aromatic rings. The zero-order valence-corrected chi connectivity index (χ0v) is 13.3. The van der Waals surface area contributed by atoms with Crippen molar-refractivity contribution in [3.63, 3.8) is 0 Å². The molecule has 0 aliphatic heterocycles. The van der Waals surface area contributed by atoms with Crippen LogP contribution in [0.1, 0.15) is 26.3 Å². The highest BCUT2D eigenvalue weighted by Crippen LogP contribution is 2.06. The van der Waals surface area contributed by atoms with Crippen molar-refractivity contribution in [3.05, 3.63) is 26.4 Å². The number of nitrogens with zero attached hydrogens (tertiary/aromatic N) is 4. The highest BCUT2D eigenvalue weighted by molar-refractivity contribution is 5.51. The fraction of sp³-hybridized carbons (Fsp3) is 0.643. The van der Waals surface area contributed by atoms with Crippen molar-refractivity contribution in [2.24, 2.45) is 14.1 Å². The van der Waals surface area contributed by atoms with Gasteiger partial charge in [-0.05, 0) is 20.4 Å². The molecule has 1 heterocycles. The van der Waals surface area contributed by atoms with Crippen molar-refractivity contribution in [2.75, 3.05) is 25.0 Å². The highest BCUT2D eigenvalue weighted by Gasteiger charge is 2.15. The molecule has 0 aromatic carbocycles. The molecule has 0 atom stereocenters. The summed E-state index contributed by atoms with van der Waals surface area (Å²) < 4.78 is 2.24. The smallest absolute Gasteiger partial charge is 0.332 e. The van der Waals surface area contributed by atoms with Gasteiger partial charge < -0.3 is 5.32 Å². The second-order valence-electron chi connectivity index (χ2n) is 5.19. The van der Waals surface area contributed by atoms with E-state index in [1.807, 2.05) is 6.07 Å². The molecule has 0 aliphatic rings. The number of nitriles is 1. The molecule has 0 saturated carbocycles. The van der Waals surface area contributed by atoms with Crippen molar-refractivity contribution in [1.29, 1.82) is 5.26 Å². The first-order valence-electron chi connectivity index (χ1n) is 7.03. The van der Waals surface area contributed by atoms with E-state index in [4.69, 9.17) is 5.26 Å². The van der Waals surface area contributed by atoms with Crippen molar-refractivity contribution in [3.8, 4) is 6.07 Å². The molecule has 0 unspecified atom stereocenters. The van der Waals surface area contributed by atoms with E-state index >= 15 is 0 Å². The third-order valence-electron chi connectivity index (χ3n) is 3.60. The first-order chi connectivity index (χ1) is 9.84. The minimum atomic E-state index is -0.570. The minimum absolute atomic E-state index is 0.0350. The van der Waals surface area contributed by atoms with E-state index in [2.05, 4.69) is 31.0 Å². The Kier molecular flexibility index (Phi) is 5.73. The van der Waals surface area contributed by atoms with Crippen LogP contribution in [0, 0.1) is 11.3 Å². The standard InChI is InChI=1S/C14H23N5O2/c1-6-19(10(2)3)8-7-16-12-11(9-15)13(20)18(5)14(21)17(12)4/h10,16H,6-8H2,1-5H3. The topological polar surface area (TPSA) is 83.1 Å². The Morgan fingerprint density at radius 3 is 2.38 bits per heavy atom. The Morgan fingerprint density at radius 2 is 1.90 bits per heavy atom. The van der Waals surface area contributed by atoms with Gasteiger partial charge in [-0.15, -0.1) is 0 Å². The molecule has 0 aliphatic carbocycles. The summed E-state index contributed by atoms with van der Waals surface area (Å²) in [6.45, 7) is 8.54. The summed E-state index contributed by atoms with van der Waals surface area (Å²) in [6, 6.07) is 2.29. The van der Waals surface area contributed by atoms with Crippen LogP contribution in [0.2, 0.25) is 0 Å². The number of likely N-dealkylation sites (N-methyl/N-ethyl adjacent to an activating group) is 1. The van der Waals surface area contributed by atoms with Crippen LogP contribution in [-0.4, -0.2) is 39.7 Å². The molecule has 0 saturated heterocycles. The molecule has 1 aromatic heterocycles. The van der Waals surface area contributed by atoms with Gasteiger partial charge in [-0.1, -0.05) is 6.92 Å². The lowest BCUT2D eigenvalue weighted by Gasteiger charge is -2.25. The summed E-state index contributed by atoms with van der Waals surface area (Å²) in [7, 11) is 2.91. The molecular weight excluding hydrogens is 270 g/mol. The average Bonchev–Trinajstić information content (AvgIpc) is 2.46. The highest BCUT2D eigenvalue weighted by atomic mass is 16.2. The van der Waals surface area contributed by atoms with E-state index in [-0.39, 0.29) is 11.4 Å². The lowest BCUT2D eigenvalue weighted by molar-refractivity contribution is 0.243. The minimum Gasteiger partial charge on any atom is -0.369 e. The summed E-state index contributed by atoms with van der Waals surface area (Å²) in [5.41, 5.74) is -1.05. The molecule has 7 nitrogen and oxygen atoms in total. The van der Waals surface area contributed by atoms with Gasteiger partial charge in [-0.2, -0.15) is 5.26 Å². The zero-order chi connectivity index (χ0) is 16.2. The normalized spacial score (nSPS) is 11.0. The van der Waals surface area contributed by atoms with Gasteiger partial charge in [0.05, 0.1) is 0 Å². The maximum absolute atomic E-state index is 11.9. The molecule has 0 spiro atoms. The van der Waals surface area contributed by atoms with Crippen LogP contribution in [0.3, 0.4) is 0 Å². The van der Waals surface area contributed by atoms with E-state index in [1.165, 1.54) is 11.6 Å². The number of rotatable bonds is 6. The van der Waals surface area contributed by atoms with Gasteiger partial charge in [0.2, 0.25) is 0 Å². The van der Waals surface area contributed by atoms with Gasteiger partial charge in [0, 0.05) is 33.2 Å². The average molecular weight is 293 g/mol. The molecule has 1 rings (SSSR count). The lowest BCUT2D eigenvalue weighted by Crippen LogP contribution is -2.41. The Hall–Kier alpha value is -2.07. The van der Waals surface area contributed by atoms with Gasteiger partial charge in [0.25, 0.3) is 5.56 Å². The predicted molar refractivity (Wildman–Crippen MR) is 82.5 cm³/mol. The van der Waals surface area contributed by atoms with E-state index in [0.717, 1.165) is 17.7 Å². The van der Waals surface area contributed by atoms with Crippen LogP contribution in [0.25, 0.3) is 0 Å². The third kappa shape index (κ3) is 3.52. The number of anilines is 1. The fourth-order valence-corrected chi connectivity index (χ4v) is 2.25. The molecule has 0 bridgehead atoms. The molecular formula is C14H23N5O2.